The van der Waals surface area contributed by atoms with Gasteiger partial charge in [0.15, 0.2) is 0 Å². The normalized spacial score (nSPS) is 24.9. The molecule has 1 aliphatic heterocycles. The van der Waals surface area contributed by atoms with Crippen LogP contribution in [0.2, 0.25) is 0 Å². The van der Waals surface area contributed by atoms with E-state index in [-0.39, 0.29) is 0 Å². The second-order valence-electron chi connectivity index (χ2n) is 5.45. The summed E-state index contributed by atoms with van der Waals surface area (Å²) in [6, 6.07) is 0.691. The third-order valence-electron chi connectivity index (χ3n) is 4.34. The van der Waals surface area contributed by atoms with Crippen molar-refractivity contribution in [2.24, 2.45) is 5.41 Å². The van der Waals surface area contributed by atoms with Gasteiger partial charge in [-0.25, -0.2) is 0 Å². The Morgan fingerprint density at radius 2 is 1.88 bits per heavy atom. The van der Waals surface area contributed by atoms with Crippen molar-refractivity contribution >= 4 is 12.6 Å². The predicted octanol–water partition coefficient (Wildman–Crippen LogP) is 2.36. The minimum atomic E-state index is 0.424. The third kappa shape index (κ3) is 3.38. The zero-order valence-electron chi connectivity index (χ0n) is 11.4. The van der Waals surface area contributed by atoms with Crippen molar-refractivity contribution < 1.29 is 0 Å². The first kappa shape index (κ1) is 14.3. The van der Waals surface area contributed by atoms with E-state index in [9.17, 15) is 0 Å². The highest BCUT2D eigenvalue weighted by Gasteiger charge is 2.31. The van der Waals surface area contributed by atoms with Crippen LogP contribution < -0.4 is 0 Å². The molecular formula is C13H28N2S. The lowest BCUT2D eigenvalue weighted by atomic mass is 9.83. The molecule has 1 aliphatic rings. The maximum absolute atomic E-state index is 4.57. The Morgan fingerprint density at radius 3 is 2.31 bits per heavy atom. The van der Waals surface area contributed by atoms with E-state index in [1.165, 1.54) is 39.0 Å². The fourth-order valence-electron chi connectivity index (χ4n) is 2.59. The van der Waals surface area contributed by atoms with Gasteiger partial charge in [-0.05, 0) is 38.0 Å². The third-order valence-corrected chi connectivity index (χ3v) is 5.01. The van der Waals surface area contributed by atoms with Gasteiger partial charge in [0.05, 0.1) is 0 Å². The summed E-state index contributed by atoms with van der Waals surface area (Å²) in [4.78, 5) is 5.09. The van der Waals surface area contributed by atoms with Crippen LogP contribution in [0.25, 0.3) is 0 Å². The summed E-state index contributed by atoms with van der Waals surface area (Å²) in [6.45, 7) is 11.8. The number of hydrogen-bond acceptors (Lipinski definition) is 3. The van der Waals surface area contributed by atoms with Gasteiger partial charge < -0.3 is 4.90 Å². The topological polar surface area (TPSA) is 6.48 Å². The quantitative estimate of drug-likeness (QED) is 0.742. The molecule has 96 valence electrons. The van der Waals surface area contributed by atoms with Crippen LogP contribution in [0.3, 0.4) is 0 Å². The molecule has 1 fully saturated rings. The average molecular weight is 244 g/mol. The first-order valence-corrected chi connectivity index (χ1v) is 7.23. The number of likely N-dealkylation sites (N-methyl/N-ethyl adjacent to an activating group) is 1. The summed E-state index contributed by atoms with van der Waals surface area (Å²) >= 11 is 4.57. The summed E-state index contributed by atoms with van der Waals surface area (Å²) in [6.07, 6.45) is 2.48. The van der Waals surface area contributed by atoms with Crippen LogP contribution in [-0.4, -0.2) is 54.8 Å². The fraction of sp³-hybridized carbons (Fsp3) is 1.00. The highest BCUT2D eigenvalue weighted by atomic mass is 32.1. The van der Waals surface area contributed by atoms with E-state index in [4.69, 9.17) is 0 Å². The molecule has 0 bridgehead atoms. The molecule has 1 unspecified atom stereocenters. The van der Waals surface area contributed by atoms with E-state index in [1.807, 2.05) is 0 Å². The van der Waals surface area contributed by atoms with Gasteiger partial charge >= 0.3 is 0 Å². The van der Waals surface area contributed by atoms with Gasteiger partial charge in [-0.1, -0.05) is 13.8 Å². The Bertz CT molecular complexity index is 196. The Morgan fingerprint density at radius 1 is 1.25 bits per heavy atom. The highest BCUT2D eigenvalue weighted by molar-refractivity contribution is 7.80. The molecule has 0 N–H and O–H groups in total. The van der Waals surface area contributed by atoms with Crippen molar-refractivity contribution in [2.45, 2.75) is 39.7 Å². The van der Waals surface area contributed by atoms with Crippen molar-refractivity contribution in [1.82, 2.24) is 9.80 Å². The summed E-state index contributed by atoms with van der Waals surface area (Å²) in [5.74, 6) is 1.01. The Hall–Kier alpha value is 0.270. The molecular weight excluding hydrogens is 216 g/mol. The first-order valence-electron chi connectivity index (χ1n) is 6.60. The Kier molecular flexibility index (Phi) is 5.62. The predicted molar refractivity (Wildman–Crippen MR) is 75.4 cm³/mol. The van der Waals surface area contributed by atoms with Crippen LogP contribution in [0, 0.1) is 5.41 Å². The number of thiol groups is 1. The monoisotopic (exact) mass is 244 g/mol. The fourth-order valence-corrected chi connectivity index (χ4v) is 3.14. The molecule has 0 radical (unpaired) electrons. The molecule has 16 heavy (non-hydrogen) atoms. The lowest BCUT2D eigenvalue weighted by Gasteiger charge is -2.43. The van der Waals surface area contributed by atoms with Crippen LogP contribution in [0.1, 0.15) is 33.6 Å². The minimum Gasteiger partial charge on any atom is -0.304 e. The molecule has 0 spiro atoms. The standard InChI is InChI=1S/C13H28N2S/c1-5-13(6-2,11-16)10-15-8-7-14(4)9-12(15)3/h12,16H,5-11H2,1-4H3. The van der Waals surface area contributed by atoms with Gasteiger partial charge in [0, 0.05) is 32.2 Å². The van der Waals surface area contributed by atoms with Crippen LogP contribution in [0.15, 0.2) is 0 Å². The van der Waals surface area contributed by atoms with Gasteiger partial charge in [0.2, 0.25) is 0 Å². The molecule has 0 aliphatic carbocycles. The molecule has 0 aromatic carbocycles. The number of rotatable bonds is 5. The van der Waals surface area contributed by atoms with E-state index in [0.717, 1.165) is 5.75 Å². The smallest absolute Gasteiger partial charge is 0.0195 e. The van der Waals surface area contributed by atoms with E-state index < -0.39 is 0 Å². The SMILES string of the molecule is CCC(CC)(CS)CN1CCN(C)CC1C. The van der Waals surface area contributed by atoms with Crippen molar-refractivity contribution in [3.05, 3.63) is 0 Å². The van der Waals surface area contributed by atoms with E-state index >= 15 is 0 Å². The summed E-state index contributed by atoms with van der Waals surface area (Å²) in [7, 11) is 2.22. The summed E-state index contributed by atoms with van der Waals surface area (Å²) < 4.78 is 0. The molecule has 1 heterocycles. The van der Waals surface area contributed by atoms with Gasteiger partial charge in [-0.3, -0.25) is 4.90 Å². The van der Waals surface area contributed by atoms with Crippen LogP contribution in [0.4, 0.5) is 0 Å². The summed E-state index contributed by atoms with van der Waals surface area (Å²) in [5, 5.41) is 0. The van der Waals surface area contributed by atoms with Gasteiger partial charge in [0.1, 0.15) is 0 Å². The van der Waals surface area contributed by atoms with Crippen molar-refractivity contribution in [2.75, 3.05) is 39.0 Å². The Labute approximate surface area is 107 Å². The lowest BCUT2D eigenvalue weighted by Crippen LogP contribution is -2.53. The van der Waals surface area contributed by atoms with Crippen LogP contribution in [0.5, 0.6) is 0 Å². The Balaban J connectivity index is 2.57. The maximum Gasteiger partial charge on any atom is 0.0195 e. The zero-order valence-corrected chi connectivity index (χ0v) is 12.3. The van der Waals surface area contributed by atoms with Crippen molar-refractivity contribution in [3.63, 3.8) is 0 Å². The lowest BCUT2D eigenvalue weighted by molar-refractivity contribution is 0.0585. The molecule has 0 amide bonds. The average Bonchev–Trinajstić information content (AvgIpc) is 2.29. The largest absolute Gasteiger partial charge is 0.304 e. The number of piperazine rings is 1. The molecule has 0 saturated carbocycles. The second-order valence-corrected chi connectivity index (χ2v) is 5.76. The van der Waals surface area contributed by atoms with Crippen LogP contribution >= 0.6 is 12.6 Å². The minimum absolute atomic E-state index is 0.424. The first-order chi connectivity index (χ1) is 7.56. The number of nitrogens with zero attached hydrogens (tertiary/aromatic N) is 2. The molecule has 2 nitrogen and oxygen atoms in total. The van der Waals surface area contributed by atoms with Gasteiger partial charge in [-0.2, -0.15) is 12.6 Å². The zero-order chi connectivity index (χ0) is 12.2. The van der Waals surface area contributed by atoms with E-state index in [0.29, 0.717) is 11.5 Å². The van der Waals surface area contributed by atoms with E-state index in [2.05, 4.69) is 50.2 Å². The van der Waals surface area contributed by atoms with Gasteiger partial charge in [0.25, 0.3) is 0 Å². The highest BCUT2D eigenvalue weighted by Crippen LogP contribution is 2.30. The summed E-state index contributed by atoms with van der Waals surface area (Å²) in [5.41, 5.74) is 0.424. The van der Waals surface area contributed by atoms with Crippen molar-refractivity contribution in [1.29, 1.82) is 0 Å². The maximum atomic E-state index is 4.57. The molecule has 1 atom stereocenters. The molecule has 3 heteroatoms. The second kappa shape index (κ2) is 6.27. The van der Waals surface area contributed by atoms with E-state index in [1.54, 1.807) is 0 Å². The van der Waals surface area contributed by atoms with Crippen molar-refractivity contribution in [3.8, 4) is 0 Å². The molecule has 1 saturated heterocycles. The van der Waals surface area contributed by atoms with Crippen LogP contribution in [-0.2, 0) is 0 Å². The van der Waals surface area contributed by atoms with Gasteiger partial charge in [-0.15, -0.1) is 0 Å². The molecule has 1 rings (SSSR count). The molecule has 0 aromatic rings. The number of hydrogen-bond donors (Lipinski definition) is 1. The molecule has 0 aromatic heterocycles.